The monoisotopic (exact) mass is 981 g/mol. The Labute approximate surface area is 414 Å². The Balaban J connectivity index is 0.000000126. The van der Waals surface area contributed by atoms with Crippen molar-refractivity contribution in [2.45, 2.75) is 87.8 Å². The van der Waals surface area contributed by atoms with E-state index in [0.29, 0.717) is 0 Å². The average molecular weight is 983 g/mol. The Hall–Kier alpha value is -6.46. The van der Waals surface area contributed by atoms with Crippen molar-refractivity contribution >= 4 is 78.3 Å². The van der Waals surface area contributed by atoms with Crippen LogP contribution in [0.25, 0.3) is 21.5 Å². The van der Waals surface area contributed by atoms with Crippen molar-refractivity contribution in [3.63, 3.8) is 0 Å². The normalized spacial score (nSPS) is 21.2. The van der Waals surface area contributed by atoms with E-state index in [1.807, 2.05) is 81.1 Å². The van der Waals surface area contributed by atoms with Crippen LogP contribution in [0.3, 0.4) is 0 Å². The third-order valence-electron chi connectivity index (χ3n) is 15.7. The van der Waals surface area contributed by atoms with Gasteiger partial charge in [-0.05, 0) is 102 Å². The predicted molar refractivity (Wildman–Crippen MR) is 288 cm³/mol. The molecule has 7 aromatic rings. The van der Waals surface area contributed by atoms with Crippen molar-refractivity contribution < 1.29 is 19.7 Å². The molecule has 2 N–H and O–H groups in total. The fourth-order valence-corrected chi connectivity index (χ4v) is 11.6. The Kier molecular flexibility index (Phi) is 11.1. The maximum atomic E-state index is 9.54. The second-order valence-corrected chi connectivity index (χ2v) is 20.9. The lowest BCUT2D eigenvalue weighted by molar-refractivity contribution is 0.0826. The Morgan fingerprint density at radius 3 is 1.42 bits per heavy atom. The lowest BCUT2D eigenvalue weighted by Crippen LogP contribution is -2.61. The van der Waals surface area contributed by atoms with E-state index >= 15 is 0 Å². The number of fused-ring (bicyclic) bond motifs is 9. The van der Waals surface area contributed by atoms with Crippen molar-refractivity contribution in [2.24, 2.45) is 9.98 Å². The molecule has 0 aliphatic carbocycles. The number of aliphatic imine (C=N–C) groups is 2. The molecular formula is C59H60BrN5O4. The molecule has 7 aromatic carbocycles. The minimum atomic E-state index is -0.709. The number of aliphatic hydroxyl groups is 2. The molecule has 0 bridgehead atoms. The lowest BCUT2D eigenvalue weighted by Gasteiger charge is -2.45. The van der Waals surface area contributed by atoms with Crippen LogP contribution < -0.4 is 24.2 Å². The third kappa shape index (κ3) is 6.84. The molecule has 0 saturated carbocycles. The Morgan fingerprint density at radius 1 is 0.536 bits per heavy atom. The molecule has 9 nitrogen and oxygen atoms in total. The van der Waals surface area contributed by atoms with Crippen LogP contribution in [-0.2, 0) is 34.8 Å². The van der Waals surface area contributed by atoms with E-state index in [-0.39, 0.29) is 29.5 Å². The number of anilines is 3. The van der Waals surface area contributed by atoms with E-state index < -0.39 is 11.4 Å². The summed E-state index contributed by atoms with van der Waals surface area (Å²) in [5.41, 5.74) is 11.3. The maximum Gasteiger partial charge on any atom is 0.228 e. The number of alkyl halides is 1. The number of hydrogen-bond acceptors (Lipinski definition) is 9. The van der Waals surface area contributed by atoms with Gasteiger partial charge in [-0.15, -0.1) is 0 Å². The van der Waals surface area contributed by atoms with Gasteiger partial charge in [0.1, 0.15) is 22.9 Å². The number of allylic oxidation sites excluding steroid dienone is 1. The quantitative estimate of drug-likeness (QED) is 0.170. The zero-order chi connectivity index (χ0) is 48.8. The van der Waals surface area contributed by atoms with Crippen LogP contribution in [0.4, 0.5) is 28.4 Å². The molecule has 2 unspecified atom stereocenters. The first-order chi connectivity index (χ1) is 32.9. The average Bonchev–Trinajstić information content (AvgIpc) is 3.72. The van der Waals surface area contributed by atoms with Gasteiger partial charge in [0.2, 0.25) is 11.4 Å². The highest BCUT2D eigenvalue weighted by molar-refractivity contribution is 9.08. The first-order valence-corrected chi connectivity index (χ1v) is 24.7. The number of rotatable bonds is 3. The highest BCUT2D eigenvalue weighted by Crippen LogP contribution is 2.56. The van der Waals surface area contributed by atoms with Crippen LogP contribution >= 0.6 is 15.9 Å². The minimum absolute atomic E-state index is 0.00192. The van der Waals surface area contributed by atoms with Crippen LogP contribution in [-0.4, -0.2) is 55.2 Å². The second-order valence-electron chi connectivity index (χ2n) is 20.4. The summed E-state index contributed by atoms with van der Waals surface area (Å²) >= 11 is 3.57. The number of ether oxygens (including phenoxy) is 2. The van der Waals surface area contributed by atoms with Crippen LogP contribution in [0.1, 0.15) is 74.9 Å². The van der Waals surface area contributed by atoms with Crippen molar-refractivity contribution in [1.29, 1.82) is 0 Å². The van der Waals surface area contributed by atoms with Gasteiger partial charge in [0.25, 0.3) is 0 Å². The third-order valence-corrected chi connectivity index (χ3v) is 16.4. The Bertz CT molecular complexity index is 3110. The van der Waals surface area contributed by atoms with E-state index in [4.69, 9.17) is 24.6 Å². The minimum Gasteiger partial charge on any atom is -0.459 e. The molecule has 0 saturated heterocycles. The number of nitrogens with zero attached hydrogens (tertiary/aromatic N) is 5. The molecule has 0 amide bonds. The SMILES string of the molecule is C=C1N(C)c2cc(CO)ccc2C1(C)C.CN1c2cc(CBr)ccc2C(C)(C)C12C=Nc1c(ccc3ccccc13)O2.CN1c2cc(CO)ccc2C(C)(C)C12C=Nc1c(ccc3ccccc13)O2. The second kappa shape index (κ2) is 16.6. The van der Waals surface area contributed by atoms with Gasteiger partial charge in [-0.25, -0.2) is 0 Å². The number of hydrogen-bond donors (Lipinski definition) is 2. The number of benzene rings is 7. The zero-order valence-corrected chi connectivity index (χ0v) is 42.5. The largest absolute Gasteiger partial charge is 0.459 e. The molecule has 5 heterocycles. The van der Waals surface area contributed by atoms with Crippen molar-refractivity contribution in [1.82, 2.24) is 0 Å². The summed E-state index contributed by atoms with van der Waals surface area (Å²) < 4.78 is 13.4. The van der Waals surface area contributed by atoms with E-state index in [1.54, 1.807) is 0 Å². The molecule has 0 radical (unpaired) electrons. The molecule has 0 fully saturated rings. The van der Waals surface area contributed by atoms with Crippen molar-refractivity contribution in [2.75, 3.05) is 35.8 Å². The molecule has 12 rings (SSSR count). The van der Waals surface area contributed by atoms with E-state index in [0.717, 1.165) is 72.6 Å². The van der Waals surface area contributed by atoms with Crippen LogP contribution in [0.15, 0.2) is 150 Å². The summed E-state index contributed by atoms with van der Waals surface area (Å²) in [5, 5.41) is 24.0. The van der Waals surface area contributed by atoms with Gasteiger partial charge < -0.3 is 34.4 Å². The summed E-state index contributed by atoms with van der Waals surface area (Å²) in [6.45, 7) is 17.4. The molecule has 5 aliphatic rings. The molecular weight excluding hydrogens is 923 g/mol. The Morgan fingerprint density at radius 2 is 0.957 bits per heavy atom. The van der Waals surface area contributed by atoms with Crippen LogP contribution in [0, 0.1) is 0 Å². The molecule has 69 heavy (non-hydrogen) atoms. The zero-order valence-electron chi connectivity index (χ0n) is 40.9. The van der Waals surface area contributed by atoms with Gasteiger partial charge in [-0.3, -0.25) is 9.98 Å². The molecule has 2 spiro atoms. The van der Waals surface area contributed by atoms with E-state index in [1.165, 1.54) is 33.3 Å². The fourth-order valence-electron chi connectivity index (χ4n) is 11.2. The number of halogens is 1. The predicted octanol–water partition coefficient (Wildman–Crippen LogP) is 12.9. The topological polar surface area (TPSA) is 93.4 Å². The summed E-state index contributed by atoms with van der Waals surface area (Å²) in [6.07, 6.45) is 3.94. The van der Waals surface area contributed by atoms with E-state index in [9.17, 15) is 5.11 Å². The first kappa shape index (κ1) is 46.3. The van der Waals surface area contributed by atoms with Gasteiger partial charge in [-0.2, -0.15) is 0 Å². The summed E-state index contributed by atoms with van der Waals surface area (Å²) in [6, 6.07) is 43.7. The maximum absolute atomic E-state index is 9.54. The summed E-state index contributed by atoms with van der Waals surface area (Å²) in [5.74, 6) is 1.64. The van der Waals surface area contributed by atoms with Crippen molar-refractivity contribution in [3.8, 4) is 11.5 Å². The smallest absolute Gasteiger partial charge is 0.228 e. The van der Waals surface area contributed by atoms with Gasteiger partial charge in [0.05, 0.1) is 36.5 Å². The molecule has 0 aromatic heterocycles. The van der Waals surface area contributed by atoms with Crippen LogP contribution in [0.5, 0.6) is 11.5 Å². The van der Waals surface area contributed by atoms with E-state index in [2.05, 4.69) is 159 Å². The molecule has 352 valence electrons. The number of aliphatic hydroxyl groups excluding tert-OH is 2. The summed E-state index contributed by atoms with van der Waals surface area (Å²) in [4.78, 5) is 16.3. The highest BCUT2D eigenvalue weighted by Gasteiger charge is 2.60. The van der Waals surface area contributed by atoms with Gasteiger partial charge in [0, 0.05) is 65.4 Å². The van der Waals surface area contributed by atoms with Gasteiger partial charge in [-0.1, -0.05) is 133 Å². The molecule has 5 aliphatic heterocycles. The standard InChI is InChI=1S/C23H21BrN2O.C23H22N2O2.C13H17NO/c1-22(2)18-10-8-15(13-24)12-19(18)26(3)23(22)14-25-21-17-7-5-4-6-16(17)9-11-20(21)27-23;1-22(2)18-10-8-15(13-26)12-19(18)25(3)23(22)14-24-21-17-7-5-4-6-16(17)9-11-20(21)27-23;1-9-13(2,3)11-6-5-10(8-15)7-12(11)14(9)4/h4-12,14H,13H2,1-3H3;4-12,14,26H,13H2,1-3H3;5-7,15H,1,8H2,2-4H3. The molecule has 2 atom stereocenters. The fraction of sp³-hybridized carbons (Fsp3) is 0.288. The van der Waals surface area contributed by atoms with Crippen molar-refractivity contribution in [3.05, 3.63) is 173 Å². The lowest BCUT2D eigenvalue weighted by atomic mass is 9.77. The van der Waals surface area contributed by atoms with Crippen LogP contribution in [0.2, 0.25) is 0 Å². The highest BCUT2D eigenvalue weighted by atomic mass is 79.9. The first-order valence-electron chi connectivity index (χ1n) is 23.5. The number of likely N-dealkylation sites (N-methyl/N-ethyl adjacent to an activating group) is 3. The molecule has 10 heteroatoms. The summed E-state index contributed by atoms with van der Waals surface area (Å²) in [7, 11) is 6.16. The van der Waals surface area contributed by atoms with Gasteiger partial charge >= 0.3 is 0 Å². The van der Waals surface area contributed by atoms with Gasteiger partial charge in [0.15, 0.2) is 0 Å².